The Morgan fingerprint density at radius 2 is 2.06 bits per heavy atom. The minimum absolute atomic E-state index is 0.276. The average Bonchev–Trinajstić information content (AvgIpc) is 2.35. The molecule has 0 bridgehead atoms. The van der Waals surface area contributed by atoms with E-state index in [1.165, 1.54) is 0 Å². The standard InChI is InChI=1S/C9H16N2O5/c10-7(5-12)9(14)16-6-8(13)11-1-3-15-4-2-11/h7,12H,1-6,10H2/t7-/m0/s1. The lowest BCUT2D eigenvalue weighted by Gasteiger charge is -2.26. The number of carbonyl (C=O) groups excluding carboxylic acids is 2. The SMILES string of the molecule is N[C@@H](CO)C(=O)OCC(=O)N1CCOCC1. The largest absolute Gasteiger partial charge is 0.454 e. The first-order valence-corrected chi connectivity index (χ1v) is 5.03. The van der Waals surface area contributed by atoms with Gasteiger partial charge in [0.05, 0.1) is 19.8 Å². The lowest BCUT2D eigenvalue weighted by atomic mass is 10.3. The molecule has 1 atom stereocenters. The second-order valence-corrected chi connectivity index (χ2v) is 3.39. The molecular weight excluding hydrogens is 216 g/mol. The minimum atomic E-state index is -1.09. The third-order valence-electron chi connectivity index (χ3n) is 2.20. The van der Waals surface area contributed by atoms with Crippen molar-refractivity contribution in [2.24, 2.45) is 5.73 Å². The van der Waals surface area contributed by atoms with Crippen molar-refractivity contribution in [3.05, 3.63) is 0 Å². The van der Waals surface area contributed by atoms with E-state index in [4.69, 9.17) is 15.6 Å². The second-order valence-electron chi connectivity index (χ2n) is 3.39. The van der Waals surface area contributed by atoms with Crippen LogP contribution in [0.2, 0.25) is 0 Å². The summed E-state index contributed by atoms with van der Waals surface area (Å²) in [7, 11) is 0. The van der Waals surface area contributed by atoms with Crippen LogP contribution in [0.25, 0.3) is 0 Å². The van der Waals surface area contributed by atoms with Crippen LogP contribution in [-0.2, 0) is 19.1 Å². The monoisotopic (exact) mass is 232 g/mol. The molecule has 3 N–H and O–H groups in total. The number of rotatable bonds is 4. The number of ether oxygens (including phenoxy) is 2. The van der Waals surface area contributed by atoms with Crippen molar-refractivity contribution in [1.29, 1.82) is 0 Å². The summed E-state index contributed by atoms with van der Waals surface area (Å²) in [5.41, 5.74) is 5.21. The van der Waals surface area contributed by atoms with Gasteiger partial charge in [-0.05, 0) is 0 Å². The molecule has 1 rings (SSSR count). The Hall–Kier alpha value is -1.18. The quantitative estimate of drug-likeness (QED) is 0.529. The number of esters is 1. The molecule has 0 saturated carbocycles. The van der Waals surface area contributed by atoms with E-state index >= 15 is 0 Å². The summed E-state index contributed by atoms with van der Waals surface area (Å²) in [6.45, 7) is 1.16. The van der Waals surface area contributed by atoms with Crippen molar-refractivity contribution >= 4 is 11.9 Å². The van der Waals surface area contributed by atoms with Crippen LogP contribution in [0.4, 0.5) is 0 Å². The number of carbonyl (C=O) groups is 2. The van der Waals surface area contributed by atoms with Crippen molar-refractivity contribution < 1.29 is 24.2 Å². The number of aliphatic hydroxyl groups is 1. The molecule has 16 heavy (non-hydrogen) atoms. The van der Waals surface area contributed by atoms with Crippen molar-refractivity contribution in [3.63, 3.8) is 0 Å². The summed E-state index contributed by atoms with van der Waals surface area (Å²) in [4.78, 5) is 24.1. The first kappa shape index (κ1) is 12.9. The van der Waals surface area contributed by atoms with Crippen LogP contribution in [0.5, 0.6) is 0 Å². The zero-order valence-electron chi connectivity index (χ0n) is 8.92. The number of morpholine rings is 1. The zero-order chi connectivity index (χ0) is 12.0. The fourth-order valence-electron chi connectivity index (χ4n) is 1.22. The highest BCUT2D eigenvalue weighted by Gasteiger charge is 2.20. The molecule has 0 aromatic rings. The summed E-state index contributed by atoms with van der Waals surface area (Å²) in [5.74, 6) is -1.05. The van der Waals surface area contributed by atoms with Gasteiger partial charge in [0.2, 0.25) is 0 Å². The Balaban J connectivity index is 2.26. The predicted molar refractivity (Wildman–Crippen MR) is 53.4 cm³/mol. The zero-order valence-corrected chi connectivity index (χ0v) is 8.92. The smallest absolute Gasteiger partial charge is 0.325 e. The van der Waals surface area contributed by atoms with E-state index in [1.807, 2.05) is 0 Å². The van der Waals surface area contributed by atoms with Crippen LogP contribution in [0.15, 0.2) is 0 Å². The second kappa shape index (κ2) is 6.41. The first-order valence-electron chi connectivity index (χ1n) is 5.03. The van der Waals surface area contributed by atoms with Crippen molar-refractivity contribution in [1.82, 2.24) is 4.90 Å². The maximum Gasteiger partial charge on any atom is 0.325 e. The van der Waals surface area contributed by atoms with Gasteiger partial charge >= 0.3 is 5.97 Å². The number of amides is 1. The van der Waals surface area contributed by atoms with Crippen LogP contribution in [0, 0.1) is 0 Å². The van der Waals surface area contributed by atoms with E-state index in [0.717, 1.165) is 0 Å². The van der Waals surface area contributed by atoms with Crippen molar-refractivity contribution in [2.45, 2.75) is 6.04 Å². The fourth-order valence-corrected chi connectivity index (χ4v) is 1.22. The highest BCUT2D eigenvalue weighted by atomic mass is 16.5. The Labute approximate surface area is 93.1 Å². The van der Waals surface area contributed by atoms with E-state index in [9.17, 15) is 9.59 Å². The van der Waals surface area contributed by atoms with E-state index in [0.29, 0.717) is 26.3 Å². The van der Waals surface area contributed by atoms with E-state index in [-0.39, 0.29) is 12.5 Å². The van der Waals surface area contributed by atoms with Gasteiger partial charge in [-0.25, -0.2) is 0 Å². The lowest BCUT2D eigenvalue weighted by Crippen LogP contribution is -2.44. The summed E-state index contributed by atoms with van der Waals surface area (Å²) in [5, 5.41) is 8.58. The van der Waals surface area contributed by atoms with Gasteiger partial charge in [0.1, 0.15) is 6.04 Å². The van der Waals surface area contributed by atoms with E-state index in [1.54, 1.807) is 4.90 Å². The minimum Gasteiger partial charge on any atom is -0.454 e. The molecule has 0 aliphatic carbocycles. The third kappa shape index (κ3) is 3.76. The molecule has 1 aliphatic rings. The highest BCUT2D eigenvalue weighted by Crippen LogP contribution is 1.98. The maximum absolute atomic E-state index is 11.5. The predicted octanol–water partition coefficient (Wildman–Crippen LogP) is -2.29. The summed E-state index contributed by atoms with van der Waals surface area (Å²) >= 11 is 0. The van der Waals surface area contributed by atoms with Crippen LogP contribution >= 0.6 is 0 Å². The number of aliphatic hydroxyl groups excluding tert-OH is 1. The average molecular weight is 232 g/mol. The van der Waals surface area contributed by atoms with Gasteiger partial charge in [0, 0.05) is 13.1 Å². The van der Waals surface area contributed by atoms with Crippen LogP contribution in [0.3, 0.4) is 0 Å². The summed E-state index contributed by atoms with van der Waals surface area (Å²) in [6, 6.07) is -1.09. The Morgan fingerprint density at radius 1 is 1.44 bits per heavy atom. The van der Waals surface area contributed by atoms with E-state index in [2.05, 4.69) is 4.74 Å². The molecule has 1 fully saturated rings. The molecule has 1 heterocycles. The topological polar surface area (TPSA) is 102 Å². The van der Waals surface area contributed by atoms with Gasteiger partial charge in [-0.2, -0.15) is 0 Å². The molecule has 0 aromatic heterocycles. The van der Waals surface area contributed by atoms with E-state index < -0.39 is 18.6 Å². The molecule has 92 valence electrons. The van der Waals surface area contributed by atoms with Crippen LogP contribution in [0.1, 0.15) is 0 Å². The highest BCUT2D eigenvalue weighted by molar-refractivity contribution is 5.82. The Kier molecular flexibility index (Phi) is 5.17. The number of hydrogen-bond acceptors (Lipinski definition) is 6. The molecule has 0 aromatic carbocycles. The van der Waals surface area contributed by atoms with Gasteiger partial charge in [0.25, 0.3) is 5.91 Å². The number of nitrogens with zero attached hydrogens (tertiary/aromatic N) is 1. The van der Waals surface area contributed by atoms with Crippen molar-refractivity contribution in [2.75, 3.05) is 39.5 Å². The molecule has 0 radical (unpaired) electrons. The number of nitrogens with two attached hydrogens (primary N) is 1. The van der Waals surface area contributed by atoms with Crippen LogP contribution < -0.4 is 5.73 Å². The van der Waals surface area contributed by atoms with Gasteiger partial charge < -0.3 is 25.2 Å². The molecular formula is C9H16N2O5. The van der Waals surface area contributed by atoms with Gasteiger partial charge in [-0.3, -0.25) is 9.59 Å². The first-order chi connectivity index (χ1) is 7.65. The third-order valence-corrected chi connectivity index (χ3v) is 2.20. The Bertz CT molecular complexity index is 252. The molecule has 0 unspecified atom stereocenters. The van der Waals surface area contributed by atoms with Crippen molar-refractivity contribution in [3.8, 4) is 0 Å². The fraction of sp³-hybridized carbons (Fsp3) is 0.778. The molecule has 0 spiro atoms. The summed E-state index contributed by atoms with van der Waals surface area (Å²) < 4.78 is 9.73. The summed E-state index contributed by atoms with van der Waals surface area (Å²) in [6.07, 6.45) is 0. The molecule has 1 amide bonds. The Morgan fingerprint density at radius 3 is 2.62 bits per heavy atom. The normalized spacial score (nSPS) is 18.0. The maximum atomic E-state index is 11.5. The van der Waals surface area contributed by atoms with Gasteiger partial charge in [-0.1, -0.05) is 0 Å². The molecule has 1 aliphatic heterocycles. The van der Waals surface area contributed by atoms with Gasteiger partial charge in [-0.15, -0.1) is 0 Å². The van der Waals surface area contributed by atoms with Crippen LogP contribution in [-0.4, -0.2) is 67.4 Å². The molecule has 7 nitrogen and oxygen atoms in total. The number of hydrogen-bond donors (Lipinski definition) is 2. The molecule has 1 saturated heterocycles. The van der Waals surface area contributed by atoms with Gasteiger partial charge in [0.15, 0.2) is 6.61 Å². The molecule has 7 heteroatoms. The lowest BCUT2D eigenvalue weighted by molar-refractivity contribution is -0.155.